The van der Waals surface area contributed by atoms with Crippen LogP contribution < -0.4 is 10.6 Å². The maximum absolute atomic E-state index is 12.3. The number of hydrogen-bond donors (Lipinski definition) is 2. The lowest BCUT2D eigenvalue weighted by Crippen LogP contribution is -2.29. The second-order valence-corrected chi connectivity index (χ2v) is 6.66. The Morgan fingerprint density at radius 1 is 1.00 bits per heavy atom. The number of hydrogen-bond acceptors (Lipinski definition) is 4. The Hall–Kier alpha value is -2.86. The van der Waals surface area contributed by atoms with Gasteiger partial charge in [-0.05, 0) is 30.2 Å². The lowest BCUT2D eigenvalue weighted by atomic mass is 10.1. The van der Waals surface area contributed by atoms with Gasteiger partial charge in [0.15, 0.2) is 6.61 Å². The monoisotopic (exact) mass is 388 g/mol. The molecule has 2 rings (SSSR count). The molecule has 0 atom stereocenters. The molecule has 0 unspecified atom stereocenters. The second-order valence-electron chi connectivity index (χ2n) is 6.25. The molecule has 6 nitrogen and oxygen atoms in total. The van der Waals surface area contributed by atoms with Gasteiger partial charge in [-0.25, -0.2) is 4.79 Å². The van der Waals surface area contributed by atoms with Crippen LogP contribution in [0.25, 0.3) is 0 Å². The Labute approximate surface area is 162 Å². The van der Waals surface area contributed by atoms with E-state index < -0.39 is 18.5 Å². The molecule has 0 aliphatic heterocycles. The van der Waals surface area contributed by atoms with Crippen LogP contribution in [-0.2, 0) is 9.53 Å². The Balaban J connectivity index is 1.97. The van der Waals surface area contributed by atoms with E-state index in [9.17, 15) is 14.4 Å². The summed E-state index contributed by atoms with van der Waals surface area (Å²) in [6.07, 6.45) is 0. The van der Waals surface area contributed by atoms with E-state index >= 15 is 0 Å². The van der Waals surface area contributed by atoms with Crippen molar-refractivity contribution < 1.29 is 19.1 Å². The molecule has 0 radical (unpaired) electrons. The quantitative estimate of drug-likeness (QED) is 0.711. The number of halogens is 1. The summed E-state index contributed by atoms with van der Waals surface area (Å²) in [4.78, 5) is 36.4. The Kier molecular flexibility index (Phi) is 7.37. The normalized spacial score (nSPS) is 10.4. The highest BCUT2D eigenvalue weighted by Crippen LogP contribution is 2.17. The highest BCUT2D eigenvalue weighted by atomic mass is 35.5. The number of para-hydroxylation sites is 1. The van der Waals surface area contributed by atoms with Crippen molar-refractivity contribution >= 4 is 35.1 Å². The van der Waals surface area contributed by atoms with Crippen molar-refractivity contribution in [1.29, 1.82) is 0 Å². The van der Waals surface area contributed by atoms with Crippen molar-refractivity contribution in [2.24, 2.45) is 5.92 Å². The fourth-order valence-corrected chi connectivity index (χ4v) is 2.42. The smallest absolute Gasteiger partial charge is 0.340 e. The molecule has 2 N–H and O–H groups in total. The maximum atomic E-state index is 12.3. The molecule has 0 fully saturated rings. The summed E-state index contributed by atoms with van der Waals surface area (Å²) in [5, 5.41) is 5.64. The molecule has 0 saturated carbocycles. The highest BCUT2D eigenvalue weighted by molar-refractivity contribution is 6.33. The number of rotatable bonds is 7. The van der Waals surface area contributed by atoms with Crippen molar-refractivity contribution in [2.45, 2.75) is 13.8 Å². The highest BCUT2D eigenvalue weighted by Gasteiger charge is 2.16. The molecule has 0 saturated heterocycles. The summed E-state index contributed by atoms with van der Waals surface area (Å²) in [6.45, 7) is 4.01. The molecule has 27 heavy (non-hydrogen) atoms. The van der Waals surface area contributed by atoms with Crippen LogP contribution in [0, 0.1) is 5.92 Å². The molecule has 0 aliphatic carbocycles. The summed E-state index contributed by atoms with van der Waals surface area (Å²) in [5.41, 5.74) is 0.863. The van der Waals surface area contributed by atoms with Gasteiger partial charge >= 0.3 is 5.97 Å². The van der Waals surface area contributed by atoms with E-state index in [2.05, 4.69) is 10.6 Å². The van der Waals surface area contributed by atoms with E-state index in [-0.39, 0.29) is 16.5 Å². The third-order valence-corrected chi connectivity index (χ3v) is 3.87. The largest absolute Gasteiger partial charge is 0.452 e. The number of nitrogens with one attached hydrogen (secondary N) is 2. The average molecular weight is 389 g/mol. The third-order valence-electron chi connectivity index (χ3n) is 3.54. The number of carbonyl (C=O) groups excluding carboxylic acids is 3. The fraction of sp³-hybridized carbons (Fsp3) is 0.250. The lowest BCUT2D eigenvalue weighted by Gasteiger charge is -2.12. The van der Waals surface area contributed by atoms with E-state index in [1.165, 1.54) is 6.07 Å². The molecular formula is C20H21ClN2O4. The molecule has 0 bridgehead atoms. The van der Waals surface area contributed by atoms with Gasteiger partial charge < -0.3 is 15.4 Å². The summed E-state index contributed by atoms with van der Waals surface area (Å²) in [6, 6.07) is 13.0. The second kappa shape index (κ2) is 9.73. The summed E-state index contributed by atoms with van der Waals surface area (Å²) < 4.78 is 4.99. The zero-order valence-electron chi connectivity index (χ0n) is 15.1. The Bertz CT molecular complexity index is 836. The minimum Gasteiger partial charge on any atom is -0.452 e. The van der Waals surface area contributed by atoms with Gasteiger partial charge in [-0.3, -0.25) is 9.59 Å². The summed E-state index contributed by atoms with van der Waals surface area (Å²) in [7, 11) is 0. The molecule has 2 aromatic carbocycles. The zero-order chi connectivity index (χ0) is 19.8. The first kappa shape index (κ1) is 20.5. The number of esters is 1. The van der Waals surface area contributed by atoms with Gasteiger partial charge in [0.1, 0.15) is 0 Å². The van der Waals surface area contributed by atoms with Crippen LogP contribution >= 0.6 is 11.6 Å². The molecule has 142 valence electrons. The van der Waals surface area contributed by atoms with Gasteiger partial charge in [0.05, 0.1) is 21.8 Å². The molecule has 0 spiro atoms. The van der Waals surface area contributed by atoms with Gasteiger partial charge in [-0.1, -0.05) is 49.7 Å². The van der Waals surface area contributed by atoms with Crippen LogP contribution in [0.3, 0.4) is 0 Å². The average Bonchev–Trinajstić information content (AvgIpc) is 2.65. The predicted octanol–water partition coefficient (Wildman–Crippen LogP) is 3.52. The first-order chi connectivity index (χ1) is 12.9. The van der Waals surface area contributed by atoms with Crippen LogP contribution in [0.2, 0.25) is 5.02 Å². The lowest BCUT2D eigenvalue weighted by molar-refractivity contribution is -0.119. The van der Waals surface area contributed by atoms with Crippen LogP contribution in [0.5, 0.6) is 0 Å². The molecule has 0 heterocycles. The fourth-order valence-electron chi connectivity index (χ4n) is 2.20. The van der Waals surface area contributed by atoms with Crippen molar-refractivity contribution in [3.05, 3.63) is 64.7 Å². The number of benzene rings is 2. The van der Waals surface area contributed by atoms with Crippen LogP contribution in [-0.4, -0.2) is 30.9 Å². The van der Waals surface area contributed by atoms with Gasteiger partial charge in [-0.15, -0.1) is 0 Å². The van der Waals surface area contributed by atoms with Crippen molar-refractivity contribution in [3.63, 3.8) is 0 Å². The molecule has 0 aliphatic rings. The number of anilines is 1. The number of amides is 2. The first-order valence-electron chi connectivity index (χ1n) is 8.47. The SMILES string of the molecule is CC(C)CNC(=O)c1ccccc1NC(=O)COC(=O)c1ccccc1Cl. The van der Waals surface area contributed by atoms with Crippen LogP contribution in [0.15, 0.2) is 48.5 Å². The van der Waals surface area contributed by atoms with Crippen LogP contribution in [0.4, 0.5) is 5.69 Å². The number of carbonyl (C=O) groups is 3. The van der Waals surface area contributed by atoms with Crippen molar-refractivity contribution in [1.82, 2.24) is 5.32 Å². The first-order valence-corrected chi connectivity index (χ1v) is 8.85. The standard InChI is InChI=1S/C20H21ClN2O4/c1-13(2)11-22-19(25)15-8-4-6-10-17(15)23-18(24)12-27-20(26)14-7-3-5-9-16(14)21/h3-10,13H,11-12H2,1-2H3,(H,22,25)(H,23,24). The van der Waals surface area contributed by atoms with E-state index in [1.54, 1.807) is 42.5 Å². The Morgan fingerprint density at radius 3 is 2.30 bits per heavy atom. The molecule has 2 aromatic rings. The van der Waals surface area contributed by atoms with Crippen LogP contribution in [0.1, 0.15) is 34.6 Å². The summed E-state index contributed by atoms with van der Waals surface area (Å²) in [5.74, 6) is -1.23. The number of ether oxygens (including phenoxy) is 1. The molecule has 2 amide bonds. The van der Waals surface area contributed by atoms with E-state index in [4.69, 9.17) is 16.3 Å². The topological polar surface area (TPSA) is 84.5 Å². The molecule has 0 aromatic heterocycles. The predicted molar refractivity (Wildman–Crippen MR) is 104 cm³/mol. The summed E-state index contributed by atoms with van der Waals surface area (Å²) >= 11 is 5.93. The van der Waals surface area contributed by atoms with E-state index in [1.807, 2.05) is 13.8 Å². The molecule has 7 heteroatoms. The minimum atomic E-state index is -0.696. The van der Waals surface area contributed by atoms with E-state index in [0.29, 0.717) is 23.7 Å². The molecular weight excluding hydrogens is 368 g/mol. The van der Waals surface area contributed by atoms with Gasteiger partial charge in [0.2, 0.25) is 0 Å². The minimum absolute atomic E-state index is 0.181. The van der Waals surface area contributed by atoms with E-state index in [0.717, 1.165) is 0 Å². The van der Waals surface area contributed by atoms with Crippen molar-refractivity contribution in [2.75, 3.05) is 18.5 Å². The van der Waals surface area contributed by atoms with Gasteiger partial charge in [-0.2, -0.15) is 0 Å². The van der Waals surface area contributed by atoms with Gasteiger partial charge in [0.25, 0.3) is 11.8 Å². The Morgan fingerprint density at radius 2 is 1.63 bits per heavy atom. The maximum Gasteiger partial charge on any atom is 0.340 e. The van der Waals surface area contributed by atoms with Crippen molar-refractivity contribution in [3.8, 4) is 0 Å². The third kappa shape index (κ3) is 6.11. The van der Waals surface area contributed by atoms with Gasteiger partial charge in [0, 0.05) is 6.54 Å². The zero-order valence-corrected chi connectivity index (χ0v) is 15.9.